The molecule has 32 heavy (non-hydrogen) atoms. The summed E-state index contributed by atoms with van der Waals surface area (Å²) in [6, 6.07) is 14.1. The molecule has 0 aliphatic carbocycles. The highest BCUT2D eigenvalue weighted by molar-refractivity contribution is 6.40. The number of hydrogen-bond donors (Lipinski definition) is 1. The highest BCUT2D eigenvalue weighted by atomic mass is 16.6. The fraction of sp³-hybridized carbons (Fsp3) is 0.0769. The molecule has 5 aromatic rings. The highest BCUT2D eigenvalue weighted by Crippen LogP contribution is 2.45. The van der Waals surface area contributed by atoms with E-state index >= 15 is 0 Å². The molecule has 2 heterocycles. The number of rotatable bonds is 0. The normalized spacial score (nSPS) is 14.7. The van der Waals surface area contributed by atoms with E-state index in [0.717, 1.165) is 32.3 Å². The Hall–Kier alpha value is -4.32. The van der Waals surface area contributed by atoms with Crippen molar-refractivity contribution in [3.8, 4) is 0 Å². The van der Waals surface area contributed by atoms with Gasteiger partial charge in [0.15, 0.2) is 0 Å². The lowest BCUT2D eigenvalue weighted by atomic mass is 9.83. The number of amides is 2. The van der Waals surface area contributed by atoms with Crippen molar-refractivity contribution < 1.29 is 23.9 Å². The van der Waals surface area contributed by atoms with Crippen LogP contribution in [0.2, 0.25) is 0 Å². The molecular weight excluding hydrogens is 406 g/mol. The van der Waals surface area contributed by atoms with Crippen LogP contribution in [0.1, 0.15) is 55.3 Å². The van der Waals surface area contributed by atoms with Gasteiger partial charge in [0.1, 0.15) is 0 Å². The third-order valence-electron chi connectivity index (χ3n) is 6.24. The Morgan fingerprint density at radius 2 is 0.844 bits per heavy atom. The predicted octanol–water partition coefficient (Wildman–Crippen LogP) is 4.96. The minimum atomic E-state index is -0.658. The lowest BCUT2D eigenvalue weighted by Crippen LogP contribution is -2.34. The van der Waals surface area contributed by atoms with Crippen molar-refractivity contribution in [3.63, 3.8) is 0 Å². The number of fused-ring (bicyclic) bond motifs is 2. The Bertz CT molecular complexity index is 1470. The molecular formula is C26H15NO5. The molecule has 0 saturated heterocycles. The van der Waals surface area contributed by atoms with Gasteiger partial charge in [0, 0.05) is 21.9 Å². The minimum Gasteiger partial charge on any atom is -0.386 e. The first kappa shape index (κ1) is 18.4. The van der Waals surface area contributed by atoms with Gasteiger partial charge in [-0.15, -0.1) is 0 Å². The zero-order valence-corrected chi connectivity index (χ0v) is 17.2. The van der Waals surface area contributed by atoms with Gasteiger partial charge >= 0.3 is 11.9 Å². The molecule has 0 bridgehead atoms. The third kappa shape index (κ3) is 2.03. The van der Waals surface area contributed by atoms with Crippen molar-refractivity contribution in [2.24, 2.45) is 0 Å². The van der Waals surface area contributed by atoms with Crippen molar-refractivity contribution in [3.05, 3.63) is 70.8 Å². The molecule has 154 valence electrons. The van der Waals surface area contributed by atoms with Gasteiger partial charge in [0.05, 0.1) is 11.1 Å². The lowest BCUT2D eigenvalue weighted by Gasteiger charge is -2.23. The molecule has 0 aromatic heterocycles. The molecule has 6 nitrogen and oxygen atoms in total. The predicted molar refractivity (Wildman–Crippen MR) is 121 cm³/mol. The Morgan fingerprint density at radius 3 is 1.25 bits per heavy atom. The van der Waals surface area contributed by atoms with Gasteiger partial charge in [-0.2, -0.15) is 0 Å². The maximum atomic E-state index is 12.4. The van der Waals surface area contributed by atoms with Crippen LogP contribution in [0.15, 0.2) is 48.5 Å². The smallest absolute Gasteiger partial charge is 0.346 e. The molecule has 2 amide bonds. The van der Waals surface area contributed by atoms with Gasteiger partial charge < -0.3 is 4.74 Å². The fourth-order valence-electron chi connectivity index (χ4n) is 5.04. The molecule has 5 aromatic carbocycles. The molecule has 0 spiro atoms. The van der Waals surface area contributed by atoms with Crippen LogP contribution < -0.4 is 5.32 Å². The van der Waals surface area contributed by atoms with Crippen LogP contribution in [0, 0.1) is 0 Å². The first-order valence-corrected chi connectivity index (χ1v) is 10.4. The largest absolute Gasteiger partial charge is 0.386 e. The maximum absolute atomic E-state index is 12.4. The van der Waals surface area contributed by atoms with Gasteiger partial charge in [-0.1, -0.05) is 38.1 Å². The number of hydrogen-bond acceptors (Lipinski definition) is 5. The van der Waals surface area contributed by atoms with Crippen molar-refractivity contribution in [2.75, 3.05) is 0 Å². The van der Waals surface area contributed by atoms with E-state index < -0.39 is 23.8 Å². The monoisotopic (exact) mass is 421 g/mol. The number of ether oxygens (including phenoxy) is 1. The van der Waals surface area contributed by atoms with Crippen LogP contribution in [-0.2, 0) is 4.74 Å². The van der Waals surface area contributed by atoms with Crippen molar-refractivity contribution in [2.45, 2.75) is 13.8 Å². The highest BCUT2D eigenvalue weighted by Gasteiger charge is 2.31. The summed E-state index contributed by atoms with van der Waals surface area (Å²) in [5.41, 5.74) is 1.62. The molecule has 1 N–H and O–H groups in total. The first-order chi connectivity index (χ1) is 15.5. The van der Waals surface area contributed by atoms with Gasteiger partial charge in [0.25, 0.3) is 11.8 Å². The molecule has 7 rings (SSSR count). The lowest BCUT2D eigenvalue weighted by molar-refractivity contribution is 0.0390. The molecule has 0 radical (unpaired) electrons. The standard InChI is InChI=1S/C24H9NO5.C2H6/c26-21-13-5-1-9-11-3-7-15-20-16(24(29)30-23(15)28)8-4-12(18(11)20)10-2-6-14(22(27)25-21)19(13)17(9)10;1-2/h1-8H,(H,25,26,27);1-2H3. The molecule has 0 fully saturated rings. The molecule has 2 aliphatic rings. The summed E-state index contributed by atoms with van der Waals surface area (Å²) in [6.45, 7) is 4.00. The molecule has 6 heteroatoms. The summed E-state index contributed by atoms with van der Waals surface area (Å²) < 4.78 is 4.88. The Balaban J connectivity index is 0.000000953. The van der Waals surface area contributed by atoms with E-state index in [4.69, 9.17) is 4.74 Å². The Morgan fingerprint density at radius 1 is 0.500 bits per heavy atom. The van der Waals surface area contributed by atoms with Crippen LogP contribution in [0.4, 0.5) is 0 Å². The van der Waals surface area contributed by atoms with Crippen LogP contribution >= 0.6 is 0 Å². The number of benzene rings is 5. The van der Waals surface area contributed by atoms with E-state index in [2.05, 4.69) is 5.32 Å². The summed E-state index contributed by atoms with van der Waals surface area (Å²) in [4.78, 5) is 49.5. The summed E-state index contributed by atoms with van der Waals surface area (Å²) in [5.74, 6) is -2.15. The topological polar surface area (TPSA) is 89.5 Å². The zero-order chi connectivity index (χ0) is 22.3. The summed E-state index contributed by atoms with van der Waals surface area (Å²) >= 11 is 0. The van der Waals surface area contributed by atoms with Gasteiger partial charge in [0.2, 0.25) is 0 Å². The van der Waals surface area contributed by atoms with E-state index in [1.165, 1.54) is 0 Å². The van der Waals surface area contributed by atoms with Crippen LogP contribution in [0.3, 0.4) is 0 Å². The number of esters is 2. The number of carbonyl (C=O) groups is 4. The van der Waals surface area contributed by atoms with Crippen molar-refractivity contribution in [1.29, 1.82) is 0 Å². The van der Waals surface area contributed by atoms with Gasteiger partial charge in [-0.05, 0) is 56.6 Å². The second-order valence-corrected chi connectivity index (χ2v) is 7.60. The number of nitrogens with one attached hydrogen (secondary N) is 1. The van der Waals surface area contributed by atoms with E-state index in [1.807, 2.05) is 38.1 Å². The average Bonchev–Trinajstić information content (AvgIpc) is 2.81. The molecule has 0 saturated carbocycles. The van der Waals surface area contributed by atoms with Crippen LogP contribution in [-0.4, -0.2) is 23.8 Å². The van der Waals surface area contributed by atoms with Crippen molar-refractivity contribution in [1.82, 2.24) is 5.32 Å². The van der Waals surface area contributed by atoms with Gasteiger partial charge in [-0.25, -0.2) is 9.59 Å². The Labute approximate surface area is 181 Å². The van der Waals surface area contributed by atoms with E-state index in [0.29, 0.717) is 33.0 Å². The number of imide groups is 1. The fourth-order valence-corrected chi connectivity index (χ4v) is 5.04. The molecule has 2 aliphatic heterocycles. The van der Waals surface area contributed by atoms with Crippen LogP contribution in [0.5, 0.6) is 0 Å². The summed E-state index contributed by atoms with van der Waals surface area (Å²) in [5, 5.41) is 8.64. The summed E-state index contributed by atoms with van der Waals surface area (Å²) in [7, 11) is 0. The number of cyclic esters (lactones) is 2. The van der Waals surface area contributed by atoms with E-state index in [9.17, 15) is 19.2 Å². The van der Waals surface area contributed by atoms with Crippen LogP contribution in [0.25, 0.3) is 43.1 Å². The summed E-state index contributed by atoms with van der Waals surface area (Å²) in [6.07, 6.45) is 0. The number of carbonyl (C=O) groups excluding carboxylic acids is 4. The first-order valence-electron chi connectivity index (χ1n) is 10.4. The molecule has 0 unspecified atom stereocenters. The zero-order valence-electron chi connectivity index (χ0n) is 17.2. The van der Waals surface area contributed by atoms with E-state index in [-0.39, 0.29) is 0 Å². The quantitative estimate of drug-likeness (QED) is 0.126. The maximum Gasteiger partial charge on any atom is 0.346 e. The Kier molecular flexibility index (Phi) is 3.52. The molecule has 0 atom stereocenters. The van der Waals surface area contributed by atoms with Gasteiger partial charge in [-0.3, -0.25) is 14.9 Å². The SMILES string of the molecule is CC.O=C1NC(=O)c2ccc3c4ccc5c6c(ccc(c7ccc1c2c73)c64)C(=O)OC5=O. The second kappa shape index (κ2) is 6.11. The minimum absolute atomic E-state index is 0.355. The van der Waals surface area contributed by atoms with E-state index in [1.54, 1.807) is 24.3 Å². The third-order valence-corrected chi connectivity index (χ3v) is 6.24. The second-order valence-electron chi connectivity index (χ2n) is 7.60. The average molecular weight is 421 g/mol. The van der Waals surface area contributed by atoms with Crippen molar-refractivity contribution >= 4 is 66.8 Å².